The van der Waals surface area contributed by atoms with Crippen LogP contribution in [-0.4, -0.2) is 23.9 Å². The molecule has 2 rings (SSSR count). The highest BCUT2D eigenvalue weighted by molar-refractivity contribution is 7.08. The number of rotatable bonds is 1. The van der Waals surface area contributed by atoms with E-state index in [0.29, 0.717) is 0 Å². The molecule has 0 atom stereocenters. The first-order valence-corrected chi connectivity index (χ1v) is 4.64. The Hall–Kier alpha value is -0.830. The molecule has 0 aliphatic carbocycles. The van der Waals surface area contributed by atoms with E-state index in [2.05, 4.69) is 0 Å². The minimum atomic E-state index is 0.192. The van der Waals surface area contributed by atoms with Gasteiger partial charge in [-0.05, 0) is 17.9 Å². The summed E-state index contributed by atoms with van der Waals surface area (Å²) in [6.07, 6.45) is 1.16. The lowest BCUT2D eigenvalue weighted by atomic mass is 10.2. The molecule has 1 aromatic rings. The van der Waals surface area contributed by atoms with Gasteiger partial charge in [-0.2, -0.15) is 11.3 Å². The highest BCUT2D eigenvalue weighted by Crippen LogP contribution is 2.14. The molecular formula is C8H9NOS. The standard InChI is InChI=1S/C8H9NOS/c10-8(9-3-1-4-9)7-2-5-11-6-7/h2,5-6H,1,3-4H2. The van der Waals surface area contributed by atoms with Crippen molar-refractivity contribution in [2.75, 3.05) is 13.1 Å². The van der Waals surface area contributed by atoms with Crippen LogP contribution in [0.2, 0.25) is 0 Å². The molecule has 0 unspecified atom stereocenters. The second-order valence-corrected chi connectivity index (χ2v) is 3.44. The van der Waals surface area contributed by atoms with Gasteiger partial charge < -0.3 is 4.90 Å². The monoisotopic (exact) mass is 167 g/mol. The van der Waals surface area contributed by atoms with Crippen molar-refractivity contribution in [3.63, 3.8) is 0 Å². The SMILES string of the molecule is O=C(c1ccsc1)N1CCC1. The van der Waals surface area contributed by atoms with E-state index in [-0.39, 0.29) is 5.91 Å². The van der Waals surface area contributed by atoms with Crippen LogP contribution in [0.15, 0.2) is 16.8 Å². The van der Waals surface area contributed by atoms with Gasteiger partial charge in [0.2, 0.25) is 0 Å². The average molecular weight is 167 g/mol. The quantitative estimate of drug-likeness (QED) is 0.622. The Bertz CT molecular complexity index is 251. The molecule has 0 aromatic carbocycles. The van der Waals surface area contributed by atoms with Crippen molar-refractivity contribution in [2.45, 2.75) is 6.42 Å². The van der Waals surface area contributed by atoms with E-state index in [1.165, 1.54) is 0 Å². The maximum Gasteiger partial charge on any atom is 0.254 e. The molecule has 1 aromatic heterocycles. The third-order valence-corrected chi connectivity index (χ3v) is 2.59. The van der Waals surface area contributed by atoms with Gasteiger partial charge in [0.25, 0.3) is 5.91 Å². The summed E-state index contributed by atoms with van der Waals surface area (Å²) in [7, 11) is 0. The maximum absolute atomic E-state index is 11.4. The van der Waals surface area contributed by atoms with Crippen LogP contribution >= 0.6 is 11.3 Å². The second kappa shape index (κ2) is 2.66. The summed E-state index contributed by atoms with van der Waals surface area (Å²) in [5, 5.41) is 3.84. The summed E-state index contributed by atoms with van der Waals surface area (Å²) >= 11 is 1.57. The van der Waals surface area contributed by atoms with E-state index < -0.39 is 0 Å². The van der Waals surface area contributed by atoms with Crippen LogP contribution in [0, 0.1) is 0 Å². The highest BCUT2D eigenvalue weighted by Gasteiger charge is 2.21. The molecule has 0 bridgehead atoms. The van der Waals surface area contributed by atoms with Gasteiger partial charge in [0.15, 0.2) is 0 Å². The molecule has 2 heterocycles. The molecule has 1 saturated heterocycles. The van der Waals surface area contributed by atoms with Gasteiger partial charge in [-0.1, -0.05) is 0 Å². The van der Waals surface area contributed by atoms with Gasteiger partial charge >= 0.3 is 0 Å². The lowest BCUT2D eigenvalue weighted by molar-refractivity contribution is 0.0652. The molecule has 3 heteroatoms. The Morgan fingerprint density at radius 1 is 1.55 bits per heavy atom. The van der Waals surface area contributed by atoms with Crippen molar-refractivity contribution in [1.82, 2.24) is 4.90 Å². The Morgan fingerprint density at radius 3 is 2.82 bits per heavy atom. The van der Waals surface area contributed by atoms with E-state index in [0.717, 1.165) is 25.1 Å². The minimum Gasteiger partial charge on any atom is -0.338 e. The molecule has 0 N–H and O–H groups in total. The third-order valence-electron chi connectivity index (χ3n) is 1.91. The van der Waals surface area contributed by atoms with Gasteiger partial charge in [-0.3, -0.25) is 4.79 Å². The summed E-state index contributed by atoms with van der Waals surface area (Å²) in [5.41, 5.74) is 0.842. The van der Waals surface area contributed by atoms with E-state index in [9.17, 15) is 4.79 Å². The fourth-order valence-corrected chi connectivity index (χ4v) is 1.72. The average Bonchev–Trinajstić information content (AvgIpc) is 2.32. The van der Waals surface area contributed by atoms with Crippen LogP contribution < -0.4 is 0 Å². The summed E-state index contributed by atoms with van der Waals surface area (Å²) < 4.78 is 0. The van der Waals surface area contributed by atoms with E-state index >= 15 is 0 Å². The van der Waals surface area contributed by atoms with E-state index in [1.807, 2.05) is 21.7 Å². The molecule has 0 radical (unpaired) electrons. The number of hydrogen-bond acceptors (Lipinski definition) is 2. The number of carbonyl (C=O) groups excluding carboxylic acids is 1. The fraction of sp³-hybridized carbons (Fsp3) is 0.375. The summed E-state index contributed by atoms with van der Waals surface area (Å²) in [6.45, 7) is 1.88. The lowest BCUT2D eigenvalue weighted by Crippen LogP contribution is -2.41. The Morgan fingerprint density at radius 2 is 2.36 bits per heavy atom. The number of hydrogen-bond donors (Lipinski definition) is 0. The Kier molecular flexibility index (Phi) is 1.66. The topological polar surface area (TPSA) is 20.3 Å². The first kappa shape index (κ1) is 6.85. The van der Waals surface area contributed by atoms with Crippen LogP contribution in [0.4, 0.5) is 0 Å². The molecule has 58 valence electrons. The van der Waals surface area contributed by atoms with Crippen LogP contribution in [0.1, 0.15) is 16.8 Å². The number of carbonyl (C=O) groups is 1. The molecule has 1 fully saturated rings. The Labute approximate surface area is 69.4 Å². The summed E-state index contributed by atoms with van der Waals surface area (Å²) in [4.78, 5) is 13.3. The zero-order chi connectivity index (χ0) is 7.68. The zero-order valence-electron chi connectivity index (χ0n) is 6.12. The van der Waals surface area contributed by atoms with Gasteiger partial charge in [-0.25, -0.2) is 0 Å². The number of nitrogens with zero attached hydrogens (tertiary/aromatic N) is 1. The van der Waals surface area contributed by atoms with Crippen molar-refractivity contribution < 1.29 is 4.79 Å². The van der Waals surface area contributed by atoms with Crippen molar-refractivity contribution >= 4 is 17.2 Å². The summed E-state index contributed by atoms with van der Waals surface area (Å²) in [6, 6.07) is 1.88. The van der Waals surface area contributed by atoms with Gasteiger partial charge in [0.1, 0.15) is 0 Å². The number of amides is 1. The lowest BCUT2D eigenvalue weighted by Gasteiger charge is -2.30. The number of thiophene rings is 1. The smallest absolute Gasteiger partial charge is 0.254 e. The van der Waals surface area contributed by atoms with Crippen molar-refractivity contribution in [3.8, 4) is 0 Å². The third kappa shape index (κ3) is 1.16. The largest absolute Gasteiger partial charge is 0.338 e. The van der Waals surface area contributed by atoms with Gasteiger partial charge in [-0.15, -0.1) is 0 Å². The normalized spacial score (nSPS) is 16.2. The van der Waals surface area contributed by atoms with E-state index in [1.54, 1.807) is 11.3 Å². The molecular weight excluding hydrogens is 158 g/mol. The molecule has 0 spiro atoms. The van der Waals surface area contributed by atoms with Crippen molar-refractivity contribution in [2.24, 2.45) is 0 Å². The predicted molar refractivity (Wildman–Crippen MR) is 44.8 cm³/mol. The first-order valence-electron chi connectivity index (χ1n) is 3.69. The summed E-state index contributed by atoms with van der Waals surface area (Å²) in [5.74, 6) is 0.192. The first-order chi connectivity index (χ1) is 5.38. The molecule has 0 saturated carbocycles. The van der Waals surface area contributed by atoms with Crippen LogP contribution in [-0.2, 0) is 0 Å². The zero-order valence-corrected chi connectivity index (χ0v) is 6.93. The second-order valence-electron chi connectivity index (χ2n) is 2.66. The Balaban J connectivity index is 2.10. The van der Waals surface area contributed by atoms with Crippen LogP contribution in [0.25, 0.3) is 0 Å². The minimum absolute atomic E-state index is 0.192. The predicted octanol–water partition coefficient (Wildman–Crippen LogP) is 1.59. The highest BCUT2D eigenvalue weighted by atomic mass is 32.1. The molecule has 1 aliphatic rings. The van der Waals surface area contributed by atoms with Crippen molar-refractivity contribution in [3.05, 3.63) is 22.4 Å². The molecule has 11 heavy (non-hydrogen) atoms. The van der Waals surface area contributed by atoms with Gasteiger partial charge in [0.05, 0.1) is 5.56 Å². The van der Waals surface area contributed by atoms with Gasteiger partial charge in [0, 0.05) is 18.5 Å². The molecule has 1 aliphatic heterocycles. The van der Waals surface area contributed by atoms with Crippen molar-refractivity contribution in [1.29, 1.82) is 0 Å². The number of likely N-dealkylation sites (tertiary alicyclic amines) is 1. The van der Waals surface area contributed by atoms with E-state index in [4.69, 9.17) is 0 Å². The van der Waals surface area contributed by atoms with Crippen LogP contribution in [0.5, 0.6) is 0 Å². The molecule has 1 amide bonds. The molecule has 2 nitrogen and oxygen atoms in total. The fourth-order valence-electron chi connectivity index (χ4n) is 1.09. The van der Waals surface area contributed by atoms with Crippen LogP contribution in [0.3, 0.4) is 0 Å². The maximum atomic E-state index is 11.4.